The summed E-state index contributed by atoms with van der Waals surface area (Å²) >= 11 is 0. The van der Waals surface area contributed by atoms with Crippen LogP contribution in [0.5, 0.6) is 0 Å². The summed E-state index contributed by atoms with van der Waals surface area (Å²) in [4.78, 5) is 0. The van der Waals surface area contributed by atoms with Gasteiger partial charge in [-0.25, -0.2) is 0 Å². The van der Waals surface area contributed by atoms with Crippen LogP contribution in [0.1, 0.15) is 0 Å². The number of hydrogen-bond donors (Lipinski definition) is 2. The van der Waals surface area contributed by atoms with E-state index in [1.807, 2.05) is 0 Å². The smallest absolute Gasteiger partial charge is 0.0943 e. The summed E-state index contributed by atoms with van der Waals surface area (Å²) in [7, 11) is -1.45. The highest BCUT2D eigenvalue weighted by Gasteiger charge is 2.22. The van der Waals surface area contributed by atoms with E-state index in [1.165, 1.54) is 0 Å². The molecule has 0 radical (unpaired) electrons. The van der Waals surface area contributed by atoms with Crippen LogP contribution in [0, 0.1) is 0 Å². The summed E-state index contributed by atoms with van der Waals surface area (Å²) in [5, 5.41) is 18.5. The van der Waals surface area contributed by atoms with Crippen molar-refractivity contribution in [2.45, 2.75) is 25.7 Å². The Morgan fingerprint density at radius 3 is 2.00 bits per heavy atom. The third kappa shape index (κ3) is 2.64. The molecule has 0 rings (SSSR count). The lowest BCUT2D eigenvalue weighted by molar-refractivity contribution is 0.127. The third-order valence-electron chi connectivity index (χ3n) is 1.54. The molecule has 0 fully saturated rings. The van der Waals surface area contributed by atoms with Gasteiger partial charge in [-0.2, -0.15) is 0 Å². The van der Waals surface area contributed by atoms with Crippen LogP contribution < -0.4 is 0 Å². The van der Waals surface area contributed by atoms with E-state index < -0.39 is 14.2 Å². The molecule has 0 aromatic heterocycles. The zero-order valence-corrected chi connectivity index (χ0v) is 7.89. The standard InChI is InChI=1S/C7H16O2Si/c1-6(7(9)5-8)10(2,3)4/h7-9H,1,5H2,2-4H3. The maximum absolute atomic E-state index is 9.15. The summed E-state index contributed by atoms with van der Waals surface area (Å²) in [6.45, 7) is 9.82. The molecule has 60 valence electrons. The van der Waals surface area contributed by atoms with Gasteiger partial charge in [0, 0.05) is 0 Å². The van der Waals surface area contributed by atoms with Gasteiger partial charge in [0.1, 0.15) is 0 Å². The van der Waals surface area contributed by atoms with Gasteiger partial charge in [0.2, 0.25) is 0 Å². The molecule has 0 bridgehead atoms. The molecule has 0 amide bonds. The molecule has 0 aromatic rings. The van der Waals surface area contributed by atoms with Gasteiger partial charge in [0.05, 0.1) is 20.8 Å². The van der Waals surface area contributed by atoms with Crippen molar-refractivity contribution in [2.75, 3.05) is 6.61 Å². The second kappa shape index (κ2) is 3.32. The van der Waals surface area contributed by atoms with Gasteiger partial charge in [-0.05, 0) is 0 Å². The van der Waals surface area contributed by atoms with E-state index in [0.29, 0.717) is 0 Å². The average Bonchev–Trinajstić information content (AvgIpc) is 1.83. The molecule has 0 saturated heterocycles. The molecular weight excluding hydrogens is 144 g/mol. The Labute approximate surface area is 63.2 Å². The van der Waals surface area contributed by atoms with Gasteiger partial charge < -0.3 is 10.2 Å². The molecule has 0 aliphatic heterocycles. The zero-order valence-electron chi connectivity index (χ0n) is 6.89. The molecular formula is C7H16O2Si. The Bertz CT molecular complexity index is 126. The van der Waals surface area contributed by atoms with Crippen molar-refractivity contribution in [3.8, 4) is 0 Å². The van der Waals surface area contributed by atoms with Gasteiger partial charge in [-0.1, -0.05) is 24.8 Å². The van der Waals surface area contributed by atoms with E-state index in [4.69, 9.17) is 10.2 Å². The monoisotopic (exact) mass is 160 g/mol. The van der Waals surface area contributed by atoms with Crippen LogP contribution in [0.25, 0.3) is 0 Å². The Morgan fingerprint density at radius 1 is 1.50 bits per heavy atom. The predicted octanol–water partition coefficient (Wildman–Crippen LogP) is 0.773. The maximum atomic E-state index is 9.15. The van der Waals surface area contributed by atoms with E-state index in [1.54, 1.807) is 0 Å². The minimum atomic E-state index is -1.45. The number of aliphatic hydroxyl groups excluding tert-OH is 2. The van der Waals surface area contributed by atoms with Crippen LogP contribution in [-0.4, -0.2) is 31.0 Å². The molecule has 1 unspecified atom stereocenters. The van der Waals surface area contributed by atoms with Crippen molar-refractivity contribution in [3.63, 3.8) is 0 Å². The lowest BCUT2D eigenvalue weighted by atomic mass is 10.4. The first kappa shape index (κ1) is 9.88. The van der Waals surface area contributed by atoms with E-state index >= 15 is 0 Å². The summed E-state index contributed by atoms with van der Waals surface area (Å²) in [5.74, 6) is 0. The van der Waals surface area contributed by atoms with Crippen molar-refractivity contribution in [1.82, 2.24) is 0 Å². The quantitative estimate of drug-likeness (QED) is 0.599. The molecule has 10 heavy (non-hydrogen) atoms. The summed E-state index contributed by atoms with van der Waals surface area (Å²) < 4.78 is 0. The minimum absolute atomic E-state index is 0.205. The van der Waals surface area contributed by atoms with Gasteiger partial charge in [-0.15, -0.1) is 6.58 Å². The van der Waals surface area contributed by atoms with E-state index in [-0.39, 0.29) is 6.61 Å². The third-order valence-corrected chi connectivity index (χ3v) is 3.80. The first-order valence-corrected chi connectivity index (χ1v) is 6.87. The Kier molecular flexibility index (Phi) is 3.28. The molecule has 0 spiro atoms. The van der Waals surface area contributed by atoms with Crippen LogP contribution in [0.2, 0.25) is 19.6 Å². The van der Waals surface area contributed by atoms with Crippen molar-refractivity contribution < 1.29 is 10.2 Å². The van der Waals surface area contributed by atoms with E-state index in [9.17, 15) is 0 Å². The zero-order chi connectivity index (χ0) is 8.36. The van der Waals surface area contributed by atoms with E-state index in [0.717, 1.165) is 5.20 Å². The second-order valence-corrected chi connectivity index (χ2v) is 8.62. The highest BCUT2D eigenvalue weighted by Crippen LogP contribution is 2.15. The Hall–Kier alpha value is -0.123. The molecule has 1 atom stereocenters. The summed E-state index contributed by atoms with van der Waals surface area (Å²) in [5.41, 5.74) is 0. The predicted molar refractivity (Wildman–Crippen MR) is 45.6 cm³/mol. The maximum Gasteiger partial charge on any atom is 0.0943 e. The molecule has 2 nitrogen and oxygen atoms in total. The Balaban J connectivity index is 4.09. The van der Waals surface area contributed by atoms with Crippen LogP contribution in [0.4, 0.5) is 0 Å². The van der Waals surface area contributed by atoms with Gasteiger partial charge in [0.25, 0.3) is 0 Å². The van der Waals surface area contributed by atoms with Gasteiger partial charge in [0.15, 0.2) is 0 Å². The van der Waals surface area contributed by atoms with Crippen LogP contribution in [0.3, 0.4) is 0 Å². The average molecular weight is 160 g/mol. The molecule has 0 heterocycles. The summed E-state index contributed by atoms with van der Waals surface area (Å²) in [6, 6.07) is 0. The van der Waals surface area contributed by atoms with Gasteiger partial charge >= 0.3 is 0 Å². The normalized spacial score (nSPS) is 14.9. The molecule has 0 saturated carbocycles. The fourth-order valence-electron chi connectivity index (χ4n) is 0.610. The summed E-state index contributed by atoms with van der Waals surface area (Å²) in [6.07, 6.45) is -0.716. The molecule has 3 heteroatoms. The minimum Gasteiger partial charge on any atom is -0.393 e. The molecule has 0 aromatic carbocycles. The fraction of sp³-hybridized carbons (Fsp3) is 0.714. The van der Waals surface area contributed by atoms with Crippen molar-refractivity contribution >= 4 is 8.07 Å². The van der Waals surface area contributed by atoms with Crippen LogP contribution in [-0.2, 0) is 0 Å². The highest BCUT2D eigenvalue weighted by atomic mass is 28.3. The lowest BCUT2D eigenvalue weighted by Crippen LogP contribution is -2.33. The lowest BCUT2D eigenvalue weighted by Gasteiger charge is -2.22. The van der Waals surface area contributed by atoms with Crippen LogP contribution in [0.15, 0.2) is 11.8 Å². The van der Waals surface area contributed by atoms with E-state index in [2.05, 4.69) is 26.2 Å². The van der Waals surface area contributed by atoms with Gasteiger partial charge in [-0.3, -0.25) is 0 Å². The Morgan fingerprint density at radius 2 is 1.90 bits per heavy atom. The SMILES string of the molecule is C=C(C(O)CO)[Si](C)(C)C. The van der Waals surface area contributed by atoms with Crippen molar-refractivity contribution in [3.05, 3.63) is 11.8 Å². The highest BCUT2D eigenvalue weighted by molar-refractivity contribution is 6.83. The second-order valence-electron chi connectivity index (χ2n) is 3.47. The number of hydrogen-bond acceptors (Lipinski definition) is 2. The first-order chi connectivity index (χ1) is 4.39. The number of aliphatic hydroxyl groups is 2. The van der Waals surface area contributed by atoms with Crippen LogP contribution >= 0.6 is 0 Å². The molecule has 0 aliphatic carbocycles. The molecule has 0 aliphatic rings. The topological polar surface area (TPSA) is 40.5 Å². The largest absolute Gasteiger partial charge is 0.393 e. The van der Waals surface area contributed by atoms with Crippen molar-refractivity contribution in [1.29, 1.82) is 0 Å². The molecule has 2 N–H and O–H groups in total. The van der Waals surface area contributed by atoms with Crippen molar-refractivity contribution in [2.24, 2.45) is 0 Å². The fourth-order valence-corrected chi connectivity index (χ4v) is 1.70. The number of rotatable bonds is 3. The first-order valence-electron chi connectivity index (χ1n) is 3.37.